The standard InChI is InChI=1S/C12H10N4O/c1-16(10-5-3-2-4-6-10)11-7-9(8-13)14-12(17)15-11/h2-7H,1H3,(H,14,15,17). The number of hydrogen-bond acceptors (Lipinski definition) is 4. The molecule has 5 heteroatoms. The maximum atomic E-state index is 11.3. The average Bonchev–Trinajstić information content (AvgIpc) is 2.38. The minimum atomic E-state index is -0.526. The van der Waals surface area contributed by atoms with Crippen LogP contribution in [0.4, 0.5) is 11.5 Å². The summed E-state index contributed by atoms with van der Waals surface area (Å²) < 4.78 is 0. The van der Waals surface area contributed by atoms with Gasteiger partial charge in [-0.1, -0.05) is 18.2 Å². The molecule has 2 aromatic rings. The first kappa shape index (κ1) is 10.9. The van der Waals surface area contributed by atoms with Gasteiger partial charge in [-0.2, -0.15) is 10.2 Å². The van der Waals surface area contributed by atoms with Crippen molar-refractivity contribution in [2.45, 2.75) is 0 Å². The Morgan fingerprint density at radius 1 is 1.35 bits per heavy atom. The molecule has 0 aliphatic heterocycles. The molecular formula is C12H10N4O. The predicted molar refractivity (Wildman–Crippen MR) is 64.1 cm³/mol. The normalized spacial score (nSPS) is 9.65. The second-order valence-electron chi connectivity index (χ2n) is 3.46. The van der Waals surface area contributed by atoms with Crippen LogP contribution < -0.4 is 10.6 Å². The molecule has 1 aromatic heterocycles. The first-order valence-corrected chi connectivity index (χ1v) is 5.01. The molecule has 1 heterocycles. The largest absolute Gasteiger partial charge is 0.347 e. The molecule has 0 bridgehead atoms. The molecule has 2 rings (SSSR count). The van der Waals surface area contributed by atoms with Gasteiger partial charge >= 0.3 is 5.69 Å². The van der Waals surface area contributed by atoms with Crippen molar-refractivity contribution < 1.29 is 0 Å². The lowest BCUT2D eigenvalue weighted by Gasteiger charge is -2.17. The fourth-order valence-corrected chi connectivity index (χ4v) is 1.46. The minimum Gasteiger partial charge on any atom is -0.329 e. The number of H-pyrrole nitrogens is 1. The third-order valence-corrected chi connectivity index (χ3v) is 2.34. The zero-order valence-corrected chi connectivity index (χ0v) is 9.21. The van der Waals surface area contributed by atoms with Crippen molar-refractivity contribution in [3.63, 3.8) is 0 Å². The van der Waals surface area contributed by atoms with Crippen LogP contribution in [0.3, 0.4) is 0 Å². The number of aromatic nitrogens is 2. The Morgan fingerprint density at radius 3 is 2.71 bits per heavy atom. The first-order chi connectivity index (χ1) is 8.20. The van der Waals surface area contributed by atoms with E-state index in [1.165, 1.54) is 6.07 Å². The molecule has 1 N–H and O–H groups in total. The van der Waals surface area contributed by atoms with Crippen LogP contribution in [-0.2, 0) is 0 Å². The molecule has 5 nitrogen and oxygen atoms in total. The molecule has 0 spiro atoms. The summed E-state index contributed by atoms with van der Waals surface area (Å²) >= 11 is 0. The number of nitrogens with zero attached hydrogens (tertiary/aromatic N) is 3. The highest BCUT2D eigenvalue weighted by Gasteiger charge is 2.07. The van der Waals surface area contributed by atoms with E-state index in [1.807, 2.05) is 36.4 Å². The summed E-state index contributed by atoms with van der Waals surface area (Å²) in [6, 6.07) is 12.9. The average molecular weight is 226 g/mol. The number of benzene rings is 1. The Bertz CT molecular complexity index is 612. The number of anilines is 2. The van der Waals surface area contributed by atoms with Gasteiger partial charge in [0.2, 0.25) is 0 Å². The van der Waals surface area contributed by atoms with Crippen LogP contribution in [0.5, 0.6) is 0 Å². The lowest BCUT2D eigenvalue weighted by Crippen LogP contribution is -2.19. The van der Waals surface area contributed by atoms with Gasteiger partial charge in [-0.25, -0.2) is 4.79 Å². The van der Waals surface area contributed by atoms with Crippen LogP contribution in [0.1, 0.15) is 5.69 Å². The molecule has 0 fully saturated rings. The third kappa shape index (κ3) is 2.32. The lowest BCUT2D eigenvalue weighted by molar-refractivity contribution is 1.01. The van der Waals surface area contributed by atoms with Crippen LogP contribution in [0.15, 0.2) is 41.2 Å². The smallest absolute Gasteiger partial charge is 0.329 e. The van der Waals surface area contributed by atoms with E-state index in [2.05, 4.69) is 9.97 Å². The zero-order chi connectivity index (χ0) is 12.3. The summed E-state index contributed by atoms with van der Waals surface area (Å²) in [4.78, 5) is 19.2. The Labute approximate surface area is 98.0 Å². The molecule has 0 radical (unpaired) electrons. The first-order valence-electron chi connectivity index (χ1n) is 5.01. The highest BCUT2D eigenvalue weighted by molar-refractivity contribution is 5.59. The Balaban J connectivity index is 2.45. The van der Waals surface area contributed by atoms with E-state index < -0.39 is 5.69 Å². The van der Waals surface area contributed by atoms with E-state index in [1.54, 1.807) is 11.9 Å². The van der Waals surface area contributed by atoms with Gasteiger partial charge in [0.05, 0.1) is 0 Å². The van der Waals surface area contributed by atoms with E-state index in [9.17, 15) is 4.79 Å². The van der Waals surface area contributed by atoms with Gasteiger partial charge in [-0.3, -0.25) is 4.98 Å². The molecule has 0 amide bonds. The van der Waals surface area contributed by atoms with Crippen molar-refractivity contribution in [3.8, 4) is 6.07 Å². The molecule has 84 valence electrons. The Morgan fingerprint density at radius 2 is 2.06 bits per heavy atom. The molecule has 0 saturated carbocycles. The SMILES string of the molecule is CN(c1ccccc1)c1cc(C#N)[nH]c(=O)n1. The van der Waals surface area contributed by atoms with E-state index in [0.29, 0.717) is 5.82 Å². The summed E-state index contributed by atoms with van der Waals surface area (Å²) in [6.45, 7) is 0. The highest BCUT2D eigenvalue weighted by atomic mass is 16.1. The fraction of sp³-hybridized carbons (Fsp3) is 0.0833. The molecule has 0 atom stereocenters. The maximum absolute atomic E-state index is 11.3. The van der Waals surface area contributed by atoms with Gasteiger partial charge in [-0.05, 0) is 12.1 Å². The minimum absolute atomic E-state index is 0.197. The fourth-order valence-electron chi connectivity index (χ4n) is 1.46. The monoisotopic (exact) mass is 226 g/mol. The molecule has 0 aliphatic carbocycles. The van der Waals surface area contributed by atoms with Crippen molar-refractivity contribution in [1.82, 2.24) is 9.97 Å². The van der Waals surface area contributed by atoms with Crippen LogP contribution in [0.25, 0.3) is 0 Å². The van der Waals surface area contributed by atoms with Gasteiger partial charge in [0.15, 0.2) is 0 Å². The van der Waals surface area contributed by atoms with Gasteiger partial charge < -0.3 is 4.90 Å². The summed E-state index contributed by atoms with van der Waals surface area (Å²) in [5.41, 5.74) is 0.569. The van der Waals surface area contributed by atoms with Crippen LogP contribution in [-0.4, -0.2) is 17.0 Å². The number of nitriles is 1. The lowest BCUT2D eigenvalue weighted by atomic mass is 10.3. The molecule has 1 aromatic carbocycles. The number of rotatable bonds is 2. The van der Waals surface area contributed by atoms with E-state index in [4.69, 9.17) is 5.26 Å². The van der Waals surface area contributed by atoms with Crippen molar-refractivity contribution in [2.75, 3.05) is 11.9 Å². The summed E-state index contributed by atoms with van der Waals surface area (Å²) in [7, 11) is 1.79. The topological polar surface area (TPSA) is 72.8 Å². The van der Waals surface area contributed by atoms with E-state index in [-0.39, 0.29) is 5.69 Å². The van der Waals surface area contributed by atoms with Crippen molar-refractivity contribution >= 4 is 11.5 Å². The molecule has 17 heavy (non-hydrogen) atoms. The maximum Gasteiger partial charge on any atom is 0.347 e. The number of nitrogens with one attached hydrogen (secondary N) is 1. The number of aromatic amines is 1. The predicted octanol–water partition coefficient (Wildman–Crippen LogP) is 1.41. The molecule has 0 unspecified atom stereocenters. The summed E-state index contributed by atoms with van der Waals surface area (Å²) in [6.07, 6.45) is 0. The van der Waals surface area contributed by atoms with E-state index >= 15 is 0 Å². The van der Waals surface area contributed by atoms with Crippen LogP contribution in [0.2, 0.25) is 0 Å². The van der Waals surface area contributed by atoms with Crippen molar-refractivity contribution in [3.05, 3.63) is 52.6 Å². The molecular weight excluding hydrogens is 216 g/mol. The van der Waals surface area contributed by atoms with Crippen LogP contribution in [0, 0.1) is 11.3 Å². The zero-order valence-electron chi connectivity index (χ0n) is 9.21. The van der Waals surface area contributed by atoms with Gasteiger partial charge in [0.1, 0.15) is 17.6 Å². The number of para-hydroxylation sites is 1. The van der Waals surface area contributed by atoms with Gasteiger partial charge in [0.25, 0.3) is 0 Å². The van der Waals surface area contributed by atoms with Crippen molar-refractivity contribution in [2.24, 2.45) is 0 Å². The van der Waals surface area contributed by atoms with Crippen molar-refractivity contribution in [1.29, 1.82) is 5.26 Å². The van der Waals surface area contributed by atoms with Crippen LogP contribution >= 0.6 is 0 Å². The molecule has 0 aliphatic rings. The van der Waals surface area contributed by atoms with Gasteiger partial charge in [0, 0.05) is 18.8 Å². The Hall–Kier alpha value is -2.61. The molecule has 0 saturated heterocycles. The summed E-state index contributed by atoms with van der Waals surface area (Å²) in [5, 5.41) is 8.77. The van der Waals surface area contributed by atoms with E-state index in [0.717, 1.165) is 5.69 Å². The third-order valence-electron chi connectivity index (χ3n) is 2.34. The quantitative estimate of drug-likeness (QED) is 0.840. The second-order valence-corrected chi connectivity index (χ2v) is 3.46. The summed E-state index contributed by atoms with van der Waals surface area (Å²) in [5.74, 6) is 0.441. The van der Waals surface area contributed by atoms with Gasteiger partial charge in [-0.15, -0.1) is 0 Å². The Kier molecular flexibility index (Phi) is 2.88. The highest BCUT2D eigenvalue weighted by Crippen LogP contribution is 2.19. The number of hydrogen-bond donors (Lipinski definition) is 1. The second kappa shape index (κ2) is 4.49.